The molecule has 1 aromatic carbocycles. The number of hydrogen-bond acceptors (Lipinski definition) is 3. The fourth-order valence-electron chi connectivity index (χ4n) is 2.94. The second-order valence-electron chi connectivity index (χ2n) is 6.06. The van der Waals surface area contributed by atoms with Crippen molar-refractivity contribution in [2.45, 2.75) is 19.4 Å². The molecule has 1 N–H and O–H groups in total. The molecule has 0 radical (unpaired) electrons. The van der Waals surface area contributed by atoms with Gasteiger partial charge in [0.05, 0.1) is 17.7 Å². The molecule has 1 saturated heterocycles. The lowest BCUT2D eigenvalue weighted by atomic mass is 9.96. The maximum atomic E-state index is 12.5. The minimum atomic E-state index is -0.226. The van der Waals surface area contributed by atoms with Crippen molar-refractivity contribution in [3.63, 3.8) is 0 Å². The van der Waals surface area contributed by atoms with Crippen molar-refractivity contribution in [2.75, 3.05) is 13.1 Å². The molecule has 2 aromatic rings. The van der Waals surface area contributed by atoms with Gasteiger partial charge in [-0.3, -0.25) is 9.59 Å². The van der Waals surface area contributed by atoms with Gasteiger partial charge in [-0.25, -0.2) is 0 Å². The Hall–Kier alpha value is -1.98. The number of furan rings is 1. The van der Waals surface area contributed by atoms with Crippen molar-refractivity contribution >= 4 is 35.0 Å². The Balaban J connectivity index is 1.57. The molecule has 1 aromatic heterocycles. The van der Waals surface area contributed by atoms with Crippen LogP contribution in [-0.2, 0) is 11.3 Å². The molecule has 25 heavy (non-hydrogen) atoms. The molecule has 2 heterocycles. The Kier molecular flexibility index (Phi) is 5.66. The van der Waals surface area contributed by atoms with Gasteiger partial charge in [0.15, 0.2) is 0 Å². The van der Waals surface area contributed by atoms with Gasteiger partial charge in [0.2, 0.25) is 5.91 Å². The third kappa shape index (κ3) is 4.35. The summed E-state index contributed by atoms with van der Waals surface area (Å²) in [7, 11) is 0. The molecule has 0 bridgehead atoms. The number of nitrogens with one attached hydrogen (secondary N) is 1. The van der Waals surface area contributed by atoms with Gasteiger partial charge >= 0.3 is 0 Å². The first-order chi connectivity index (χ1) is 12.0. The summed E-state index contributed by atoms with van der Waals surface area (Å²) in [5.41, 5.74) is 1.32. The van der Waals surface area contributed by atoms with Crippen LogP contribution in [0.5, 0.6) is 0 Å². The first-order valence-electron chi connectivity index (χ1n) is 8.07. The van der Waals surface area contributed by atoms with E-state index in [0.717, 1.165) is 18.4 Å². The van der Waals surface area contributed by atoms with Crippen LogP contribution in [0.1, 0.15) is 28.8 Å². The van der Waals surface area contributed by atoms with Crippen LogP contribution in [0.2, 0.25) is 10.0 Å². The third-order valence-electron chi connectivity index (χ3n) is 4.32. The largest absolute Gasteiger partial charge is 0.472 e. The standard InChI is InChI=1S/C18H18Cl2N2O3/c19-15-4-3-12(16(20)8-15)9-21-17(23)13-2-1-6-22(10-13)18(24)14-5-7-25-11-14/h3-5,7-8,11,13H,1-2,6,9-10H2,(H,21,23). The van der Waals surface area contributed by atoms with Crippen molar-refractivity contribution in [3.8, 4) is 0 Å². The number of piperidine rings is 1. The average molecular weight is 381 g/mol. The van der Waals surface area contributed by atoms with Gasteiger partial charge in [0.25, 0.3) is 5.91 Å². The van der Waals surface area contributed by atoms with Crippen LogP contribution < -0.4 is 5.32 Å². The Morgan fingerprint density at radius 2 is 2.12 bits per heavy atom. The predicted molar refractivity (Wildman–Crippen MR) is 95.6 cm³/mol. The number of carbonyl (C=O) groups excluding carboxylic acids is 2. The smallest absolute Gasteiger partial charge is 0.257 e. The van der Waals surface area contributed by atoms with E-state index in [2.05, 4.69) is 5.32 Å². The summed E-state index contributed by atoms with van der Waals surface area (Å²) in [6.07, 6.45) is 4.45. The van der Waals surface area contributed by atoms with Crippen molar-refractivity contribution in [1.29, 1.82) is 0 Å². The van der Waals surface area contributed by atoms with Crippen molar-refractivity contribution in [3.05, 3.63) is 58.0 Å². The van der Waals surface area contributed by atoms with Crippen LogP contribution in [-0.4, -0.2) is 29.8 Å². The van der Waals surface area contributed by atoms with Crippen LogP contribution in [0.4, 0.5) is 0 Å². The van der Waals surface area contributed by atoms with E-state index in [9.17, 15) is 9.59 Å². The summed E-state index contributed by atoms with van der Waals surface area (Å²) in [5, 5.41) is 3.98. The molecule has 0 spiro atoms. The van der Waals surface area contributed by atoms with Crippen LogP contribution in [0.3, 0.4) is 0 Å². The summed E-state index contributed by atoms with van der Waals surface area (Å²) >= 11 is 12.0. The zero-order valence-electron chi connectivity index (χ0n) is 13.5. The number of carbonyl (C=O) groups is 2. The number of halogens is 2. The number of rotatable bonds is 4. The molecule has 1 aliphatic heterocycles. The molecule has 5 nitrogen and oxygen atoms in total. The van der Waals surface area contributed by atoms with Crippen LogP contribution in [0, 0.1) is 5.92 Å². The zero-order chi connectivity index (χ0) is 17.8. The lowest BCUT2D eigenvalue weighted by Crippen LogP contribution is -2.45. The molecule has 3 rings (SSSR count). The first-order valence-corrected chi connectivity index (χ1v) is 8.83. The highest BCUT2D eigenvalue weighted by Crippen LogP contribution is 2.22. The van der Waals surface area contributed by atoms with Gasteiger partial charge in [-0.2, -0.15) is 0 Å². The van der Waals surface area contributed by atoms with E-state index in [4.69, 9.17) is 27.6 Å². The summed E-state index contributed by atoms with van der Waals surface area (Å²) < 4.78 is 4.96. The topological polar surface area (TPSA) is 62.6 Å². The maximum absolute atomic E-state index is 12.5. The van der Waals surface area contributed by atoms with E-state index in [1.54, 1.807) is 29.2 Å². The molecule has 1 unspecified atom stereocenters. The SMILES string of the molecule is O=C(NCc1ccc(Cl)cc1Cl)C1CCCN(C(=O)c2ccoc2)C1. The maximum Gasteiger partial charge on any atom is 0.257 e. The van der Waals surface area contributed by atoms with E-state index >= 15 is 0 Å². The highest BCUT2D eigenvalue weighted by atomic mass is 35.5. The summed E-state index contributed by atoms with van der Waals surface area (Å²) in [6.45, 7) is 1.39. The van der Waals surface area contributed by atoms with Gasteiger partial charge in [-0.05, 0) is 36.6 Å². The molecule has 1 aliphatic rings. The van der Waals surface area contributed by atoms with Gasteiger partial charge in [-0.15, -0.1) is 0 Å². The number of likely N-dealkylation sites (tertiary alicyclic amines) is 1. The Morgan fingerprint density at radius 3 is 2.84 bits per heavy atom. The fourth-order valence-corrected chi connectivity index (χ4v) is 3.41. The highest BCUT2D eigenvalue weighted by molar-refractivity contribution is 6.35. The van der Waals surface area contributed by atoms with Crippen molar-refractivity contribution in [2.24, 2.45) is 5.92 Å². The lowest BCUT2D eigenvalue weighted by Gasteiger charge is -2.31. The molecular weight excluding hydrogens is 363 g/mol. The molecule has 132 valence electrons. The summed E-state index contributed by atoms with van der Waals surface area (Å²) in [5.74, 6) is -0.404. The van der Waals surface area contributed by atoms with Gasteiger partial charge < -0.3 is 14.6 Å². The number of nitrogens with zero attached hydrogens (tertiary/aromatic N) is 1. The highest BCUT2D eigenvalue weighted by Gasteiger charge is 2.29. The minimum Gasteiger partial charge on any atom is -0.472 e. The Morgan fingerprint density at radius 1 is 1.28 bits per heavy atom. The van der Waals surface area contributed by atoms with Gasteiger partial charge in [0.1, 0.15) is 6.26 Å². The Bertz CT molecular complexity index is 762. The zero-order valence-corrected chi connectivity index (χ0v) is 15.0. The third-order valence-corrected chi connectivity index (χ3v) is 4.90. The molecule has 7 heteroatoms. The van der Waals surface area contributed by atoms with E-state index in [0.29, 0.717) is 35.2 Å². The molecule has 1 atom stereocenters. The average Bonchev–Trinajstić information content (AvgIpc) is 3.15. The summed E-state index contributed by atoms with van der Waals surface area (Å²) in [6, 6.07) is 6.81. The van der Waals surface area contributed by atoms with E-state index in [1.165, 1.54) is 12.5 Å². The van der Waals surface area contributed by atoms with Crippen LogP contribution in [0.25, 0.3) is 0 Å². The van der Waals surface area contributed by atoms with E-state index in [-0.39, 0.29) is 17.7 Å². The second-order valence-corrected chi connectivity index (χ2v) is 6.90. The molecule has 0 saturated carbocycles. The minimum absolute atomic E-state index is 0.0734. The Labute approximate surface area is 155 Å². The molecule has 0 aliphatic carbocycles. The molecule has 1 fully saturated rings. The molecular formula is C18H18Cl2N2O3. The first kappa shape index (κ1) is 17.8. The van der Waals surface area contributed by atoms with Crippen molar-refractivity contribution < 1.29 is 14.0 Å². The second kappa shape index (κ2) is 7.93. The summed E-state index contributed by atoms with van der Waals surface area (Å²) in [4.78, 5) is 26.6. The van der Waals surface area contributed by atoms with Gasteiger partial charge in [-0.1, -0.05) is 29.3 Å². The quantitative estimate of drug-likeness (QED) is 0.878. The normalized spacial score (nSPS) is 17.4. The van der Waals surface area contributed by atoms with E-state index in [1.807, 2.05) is 0 Å². The fraction of sp³-hybridized carbons (Fsp3) is 0.333. The number of hydrogen-bond donors (Lipinski definition) is 1. The van der Waals surface area contributed by atoms with Crippen molar-refractivity contribution in [1.82, 2.24) is 10.2 Å². The predicted octanol–water partition coefficient (Wildman–Crippen LogP) is 3.76. The van der Waals surface area contributed by atoms with Crippen LogP contribution in [0.15, 0.2) is 41.2 Å². The van der Waals surface area contributed by atoms with Crippen LogP contribution >= 0.6 is 23.2 Å². The van der Waals surface area contributed by atoms with Gasteiger partial charge in [0, 0.05) is 29.7 Å². The monoisotopic (exact) mass is 380 g/mol. The van der Waals surface area contributed by atoms with E-state index < -0.39 is 0 Å². The number of amides is 2. The number of benzene rings is 1. The lowest BCUT2D eigenvalue weighted by molar-refractivity contribution is -0.126. The molecule has 2 amide bonds.